The first-order valence-corrected chi connectivity index (χ1v) is 6.72. The Hall–Kier alpha value is -2.57. The van der Waals surface area contributed by atoms with Gasteiger partial charge in [-0.05, 0) is 31.4 Å². The predicted octanol–water partition coefficient (Wildman–Crippen LogP) is 2.69. The van der Waals surface area contributed by atoms with Crippen molar-refractivity contribution in [3.8, 4) is 23.2 Å². The fraction of sp³-hybridized carbons (Fsp3) is 0.357. The minimum Gasteiger partial charge on any atom is -0.351 e. The van der Waals surface area contributed by atoms with Gasteiger partial charge in [0.05, 0.1) is 11.4 Å². The van der Waals surface area contributed by atoms with Gasteiger partial charge in [0.2, 0.25) is 11.6 Å². The third-order valence-corrected chi connectivity index (χ3v) is 2.84. The summed E-state index contributed by atoms with van der Waals surface area (Å²) in [6.07, 6.45) is 0.841. The maximum Gasteiger partial charge on any atom is 0.296 e. The Bertz CT molecular complexity index is 730. The summed E-state index contributed by atoms with van der Waals surface area (Å²) in [5.74, 6) is 1.63. The van der Waals surface area contributed by atoms with Crippen molar-refractivity contribution < 1.29 is 9.05 Å². The van der Waals surface area contributed by atoms with E-state index in [1.807, 2.05) is 19.1 Å². The van der Waals surface area contributed by atoms with Gasteiger partial charge in [-0.2, -0.15) is 10.1 Å². The van der Waals surface area contributed by atoms with E-state index in [-0.39, 0.29) is 5.89 Å². The van der Waals surface area contributed by atoms with E-state index in [2.05, 4.69) is 39.3 Å². The smallest absolute Gasteiger partial charge is 0.296 e. The lowest BCUT2D eigenvalue weighted by atomic mass is 10.1. The SMILES string of the molecule is Cc1ccc(-c2noc(-c3cc(CC(C)C)no3)n2)nn1. The van der Waals surface area contributed by atoms with Gasteiger partial charge in [-0.25, -0.2) is 0 Å². The molecule has 3 rings (SSSR count). The van der Waals surface area contributed by atoms with Crippen molar-refractivity contribution in [2.45, 2.75) is 27.2 Å². The summed E-state index contributed by atoms with van der Waals surface area (Å²) >= 11 is 0. The van der Waals surface area contributed by atoms with Gasteiger partial charge in [0.25, 0.3) is 5.89 Å². The molecule has 3 aromatic heterocycles. The third kappa shape index (κ3) is 2.96. The van der Waals surface area contributed by atoms with Gasteiger partial charge in [0, 0.05) is 6.07 Å². The van der Waals surface area contributed by atoms with Crippen LogP contribution >= 0.6 is 0 Å². The van der Waals surface area contributed by atoms with Crippen LogP contribution in [0.2, 0.25) is 0 Å². The minimum absolute atomic E-state index is 0.287. The molecule has 0 saturated heterocycles. The summed E-state index contributed by atoms with van der Waals surface area (Å²) in [7, 11) is 0. The quantitative estimate of drug-likeness (QED) is 0.727. The molecular weight excluding hydrogens is 270 g/mol. The first kappa shape index (κ1) is 13.4. The van der Waals surface area contributed by atoms with Crippen LogP contribution in [0.25, 0.3) is 23.2 Å². The molecule has 0 aliphatic heterocycles. The van der Waals surface area contributed by atoms with E-state index < -0.39 is 0 Å². The van der Waals surface area contributed by atoms with Crippen molar-refractivity contribution in [3.05, 3.63) is 29.6 Å². The molecule has 108 valence electrons. The van der Waals surface area contributed by atoms with Crippen LogP contribution in [0.5, 0.6) is 0 Å². The van der Waals surface area contributed by atoms with E-state index in [0.29, 0.717) is 23.2 Å². The maximum absolute atomic E-state index is 5.24. The lowest BCUT2D eigenvalue weighted by Crippen LogP contribution is -1.92. The van der Waals surface area contributed by atoms with Crippen molar-refractivity contribution in [1.29, 1.82) is 0 Å². The summed E-state index contributed by atoms with van der Waals surface area (Å²) in [4.78, 5) is 4.26. The molecule has 0 aliphatic carbocycles. The average Bonchev–Trinajstić information content (AvgIpc) is 3.07. The van der Waals surface area contributed by atoms with Crippen molar-refractivity contribution in [3.63, 3.8) is 0 Å². The van der Waals surface area contributed by atoms with Gasteiger partial charge in [-0.3, -0.25) is 0 Å². The molecule has 3 aromatic rings. The van der Waals surface area contributed by atoms with E-state index in [1.54, 1.807) is 6.07 Å². The highest BCUT2D eigenvalue weighted by Gasteiger charge is 2.16. The van der Waals surface area contributed by atoms with E-state index in [1.165, 1.54) is 0 Å². The van der Waals surface area contributed by atoms with Gasteiger partial charge in [0.15, 0.2) is 0 Å². The molecule has 21 heavy (non-hydrogen) atoms. The molecule has 0 fully saturated rings. The molecule has 0 bridgehead atoms. The number of aromatic nitrogens is 5. The Morgan fingerprint density at radius 1 is 1.10 bits per heavy atom. The number of hydrogen-bond donors (Lipinski definition) is 0. The fourth-order valence-corrected chi connectivity index (χ4v) is 1.87. The van der Waals surface area contributed by atoms with Crippen LogP contribution in [0.3, 0.4) is 0 Å². The maximum atomic E-state index is 5.24. The van der Waals surface area contributed by atoms with Gasteiger partial charge in [-0.1, -0.05) is 24.2 Å². The molecule has 0 aliphatic rings. The standard InChI is InChI=1S/C14H15N5O2/c1-8(2)6-10-7-12(20-18-10)14-15-13(19-21-14)11-5-4-9(3)16-17-11/h4-5,7-8H,6H2,1-3H3. The van der Waals surface area contributed by atoms with Gasteiger partial charge >= 0.3 is 0 Å². The van der Waals surface area contributed by atoms with Crippen LogP contribution in [0.15, 0.2) is 27.2 Å². The monoisotopic (exact) mass is 285 g/mol. The lowest BCUT2D eigenvalue weighted by molar-refractivity contribution is 0.380. The summed E-state index contributed by atoms with van der Waals surface area (Å²) in [6.45, 7) is 6.10. The van der Waals surface area contributed by atoms with Crippen LogP contribution in [0.1, 0.15) is 25.2 Å². The Morgan fingerprint density at radius 3 is 2.67 bits per heavy atom. The van der Waals surface area contributed by atoms with E-state index in [0.717, 1.165) is 17.8 Å². The Balaban J connectivity index is 1.84. The van der Waals surface area contributed by atoms with Gasteiger partial charge < -0.3 is 9.05 Å². The highest BCUT2D eigenvalue weighted by molar-refractivity contribution is 5.52. The second-order valence-corrected chi connectivity index (χ2v) is 5.26. The summed E-state index contributed by atoms with van der Waals surface area (Å²) in [6, 6.07) is 5.45. The number of rotatable bonds is 4. The number of hydrogen-bond acceptors (Lipinski definition) is 7. The molecule has 7 nitrogen and oxygen atoms in total. The van der Waals surface area contributed by atoms with Gasteiger partial charge in [0.1, 0.15) is 5.69 Å². The minimum atomic E-state index is 0.287. The third-order valence-electron chi connectivity index (χ3n) is 2.84. The first-order chi connectivity index (χ1) is 10.1. The molecule has 7 heteroatoms. The molecule has 0 spiro atoms. The van der Waals surface area contributed by atoms with E-state index >= 15 is 0 Å². The zero-order valence-corrected chi connectivity index (χ0v) is 12.1. The summed E-state index contributed by atoms with van der Waals surface area (Å²) < 4.78 is 10.4. The molecule has 0 atom stereocenters. The molecule has 0 unspecified atom stereocenters. The van der Waals surface area contributed by atoms with Crippen LogP contribution in [0, 0.1) is 12.8 Å². The molecule has 0 radical (unpaired) electrons. The molecule has 0 amide bonds. The topological polar surface area (TPSA) is 90.7 Å². The lowest BCUT2D eigenvalue weighted by Gasteiger charge is -1.96. The molecule has 3 heterocycles. The molecular formula is C14H15N5O2. The van der Waals surface area contributed by atoms with Crippen LogP contribution < -0.4 is 0 Å². The van der Waals surface area contributed by atoms with Crippen LogP contribution in [0.4, 0.5) is 0 Å². The Labute approximate surface area is 121 Å². The van der Waals surface area contributed by atoms with Gasteiger partial charge in [-0.15, -0.1) is 5.10 Å². The van der Waals surface area contributed by atoms with Crippen molar-refractivity contribution >= 4 is 0 Å². The second-order valence-electron chi connectivity index (χ2n) is 5.26. The largest absolute Gasteiger partial charge is 0.351 e. The average molecular weight is 285 g/mol. The van der Waals surface area contributed by atoms with Crippen molar-refractivity contribution in [2.75, 3.05) is 0 Å². The number of nitrogens with zero attached hydrogens (tertiary/aromatic N) is 5. The van der Waals surface area contributed by atoms with Crippen molar-refractivity contribution in [2.24, 2.45) is 5.92 Å². The normalized spacial score (nSPS) is 11.2. The summed E-state index contributed by atoms with van der Waals surface area (Å²) in [5.41, 5.74) is 2.25. The Morgan fingerprint density at radius 2 is 1.95 bits per heavy atom. The summed E-state index contributed by atoms with van der Waals surface area (Å²) in [5, 5.41) is 15.9. The zero-order chi connectivity index (χ0) is 14.8. The van der Waals surface area contributed by atoms with Crippen LogP contribution in [-0.2, 0) is 6.42 Å². The van der Waals surface area contributed by atoms with E-state index in [4.69, 9.17) is 9.05 Å². The highest BCUT2D eigenvalue weighted by Crippen LogP contribution is 2.22. The first-order valence-electron chi connectivity index (χ1n) is 6.72. The number of aryl methyl sites for hydroxylation is 1. The molecule has 0 N–H and O–H groups in total. The Kier molecular flexibility index (Phi) is 3.47. The van der Waals surface area contributed by atoms with E-state index in [9.17, 15) is 0 Å². The molecule has 0 aromatic carbocycles. The predicted molar refractivity (Wildman–Crippen MR) is 74.1 cm³/mol. The zero-order valence-electron chi connectivity index (χ0n) is 12.1. The van der Waals surface area contributed by atoms with Crippen molar-refractivity contribution in [1.82, 2.24) is 25.5 Å². The highest BCUT2D eigenvalue weighted by atomic mass is 16.5. The van der Waals surface area contributed by atoms with Crippen LogP contribution in [-0.4, -0.2) is 25.5 Å². The molecule has 0 saturated carbocycles. The second kappa shape index (κ2) is 5.43. The fourth-order valence-electron chi connectivity index (χ4n) is 1.87.